The minimum atomic E-state index is 0.0425. The zero-order valence-corrected chi connectivity index (χ0v) is 12.6. The number of nitrogens with zero attached hydrogens (tertiary/aromatic N) is 1. The smallest absolute Gasteiger partial charge is 0.211 e. The second-order valence-corrected chi connectivity index (χ2v) is 5.29. The van der Waals surface area contributed by atoms with Crippen LogP contribution in [0.2, 0.25) is 0 Å². The molecule has 0 radical (unpaired) electrons. The topological polar surface area (TPSA) is 56.5 Å². The Morgan fingerprint density at radius 1 is 1.43 bits per heavy atom. The summed E-state index contributed by atoms with van der Waals surface area (Å²) in [5.74, 6) is 3.29. The van der Waals surface area contributed by atoms with E-state index in [2.05, 4.69) is 17.2 Å². The first-order valence-electron chi connectivity index (χ1n) is 7.16. The number of ether oxygens (including phenoxy) is 2. The van der Waals surface area contributed by atoms with Crippen molar-refractivity contribution in [2.75, 3.05) is 13.7 Å². The highest BCUT2D eigenvalue weighted by Gasteiger charge is 2.25. The number of hydrogen-bond donors (Lipinski definition) is 1. The number of oxazole rings is 1. The number of methoxy groups -OCH3 is 1. The van der Waals surface area contributed by atoms with Crippen LogP contribution in [0.3, 0.4) is 0 Å². The lowest BCUT2D eigenvalue weighted by molar-refractivity contribution is 0.239. The summed E-state index contributed by atoms with van der Waals surface area (Å²) in [5.41, 5.74) is 1.12. The summed E-state index contributed by atoms with van der Waals surface area (Å²) in [5, 5.41) is 3.56. The minimum absolute atomic E-state index is 0.0425. The van der Waals surface area contributed by atoms with Gasteiger partial charge in [0.05, 0.1) is 26.0 Å². The fourth-order valence-corrected chi connectivity index (χ4v) is 2.62. The van der Waals surface area contributed by atoms with Crippen LogP contribution in [-0.4, -0.2) is 18.7 Å². The average Bonchev–Trinajstić information content (AvgIpc) is 2.94. The van der Waals surface area contributed by atoms with Gasteiger partial charge < -0.3 is 13.9 Å². The van der Waals surface area contributed by atoms with Crippen molar-refractivity contribution in [3.8, 4) is 11.5 Å². The van der Waals surface area contributed by atoms with E-state index in [1.807, 2.05) is 25.1 Å². The highest BCUT2D eigenvalue weighted by Crippen LogP contribution is 2.36. The summed E-state index contributed by atoms with van der Waals surface area (Å²) in [7, 11) is 1.67. The summed E-state index contributed by atoms with van der Waals surface area (Å²) < 4.78 is 16.6. The van der Waals surface area contributed by atoms with Crippen LogP contribution in [0, 0.1) is 6.92 Å². The third-order valence-electron chi connectivity index (χ3n) is 3.72. The SMILES string of the molecule is COc1ccc2c(c1)C(NC(C)c1ncc(C)o1)CCO2. The van der Waals surface area contributed by atoms with Gasteiger partial charge in [0.2, 0.25) is 5.89 Å². The maximum absolute atomic E-state index is 5.71. The van der Waals surface area contributed by atoms with Gasteiger partial charge in [-0.1, -0.05) is 0 Å². The molecule has 0 amide bonds. The van der Waals surface area contributed by atoms with Gasteiger partial charge in [-0.05, 0) is 32.0 Å². The van der Waals surface area contributed by atoms with Gasteiger partial charge in [0.25, 0.3) is 0 Å². The van der Waals surface area contributed by atoms with Gasteiger partial charge in [0.15, 0.2) is 0 Å². The maximum Gasteiger partial charge on any atom is 0.211 e. The highest BCUT2D eigenvalue weighted by molar-refractivity contribution is 5.43. The second kappa shape index (κ2) is 5.77. The fraction of sp³-hybridized carbons (Fsp3) is 0.438. The van der Waals surface area contributed by atoms with Crippen LogP contribution >= 0.6 is 0 Å². The molecule has 2 aromatic rings. The average molecular weight is 288 g/mol. The van der Waals surface area contributed by atoms with E-state index in [0.29, 0.717) is 12.5 Å². The molecule has 21 heavy (non-hydrogen) atoms. The predicted molar refractivity (Wildman–Crippen MR) is 78.6 cm³/mol. The van der Waals surface area contributed by atoms with Gasteiger partial charge in [0.1, 0.15) is 17.3 Å². The standard InChI is InChI=1S/C16H20N2O3/c1-10-9-17-16(21-10)11(2)18-14-6-7-20-15-5-4-12(19-3)8-13(14)15/h4-5,8-9,11,14,18H,6-7H2,1-3H3. The Labute approximate surface area is 124 Å². The van der Waals surface area contributed by atoms with Crippen LogP contribution in [0.1, 0.15) is 42.6 Å². The summed E-state index contributed by atoms with van der Waals surface area (Å²) in [6.45, 7) is 4.66. The number of rotatable bonds is 4. The van der Waals surface area contributed by atoms with Crippen LogP contribution in [0.4, 0.5) is 0 Å². The third kappa shape index (κ3) is 2.88. The molecule has 1 aliphatic rings. The van der Waals surface area contributed by atoms with Crippen molar-refractivity contribution in [2.45, 2.75) is 32.4 Å². The fourth-order valence-electron chi connectivity index (χ4n) is 2.62. The Bertz CT molecular complexity index is 624. The van der Waals surface area contributed by atoms with Crippen molar-refractivity contribution in [1.82, 2.24) is 10.3 Å². The molecular weight excluding hydrogens is 268 g/mol. The first kappa shape index (κ1) is 13.9. The lowest BCUT2D eigenvalue weighted by Gasteiger charge is -2.28. The molecule has 0 spiro atoms. The van der Waals surface area contributed by atoms with Crippen molar-refractivity contribution >= 4 is 0 Å². The Balaban J connectivity index is 1.81. The lowest BCUT2D eigenvalue weighted by Crippen LogP contribution is -2.29. The molecule has 1 aromatic carbocycles. The third-order valence-corrected chi connectivity index (χ3v) is 3.72. The van der Waals surface area contributed by atoms with Gasteiger partial charge in [0, 0.05) is 18.0 Å². The number of benzene rings is 1. The zero-order chi connectivity index (χ0) is 14.8. The van der Waals surface area contributed by atoms with Crippen molar-refractivity contribution in [3.63, 3.8) is 0 Å². The maximum atomic E-state index is 5.71. The number of hydrogen-bond acceptors (Lipinski definition) is 5. The van der Waals surface area contributed by atoms with Crippen LogP contribution in [0.15, 0.2) is 28.8 Å². The molecule has 2 atom stereocenters. The Morgan fingerprint density at radius 3 is 3.00 bits per heavy atom. The molecule has 3 rings (SSSR count). The molecule has 1 aliphatic heterocycles. The number of nitrogens with one attached hydrogen (secondary N) is 1. The van der Waals surface area contributed by atoms with Crippen LogP contribution in [-0.2, 0) is 0 Å². The van der Waals surface area contributed by atoms with Gasteiger partial charge >= 0.3 is 0 Å². The molecule has 1 N–H and O–H groups in total. The number of aryl methyl sites for hydroxylation is 1. The van der Waals surface area contributed by atoms with Crippen molar-refractivity contribution in [3.05, 3.63) is 41.6 Å². The molecule has 0 bridgehead atoms. The summed E-state index contributed by atoms with van der Waals surface area (Å²) in [6, 6.07) is 6.15. The summed E-state index contributed by atoms with van der Waals surface area (Å²) in [4.78, 5) is 4.29. The van der Waals surface area contributed by atoms with E-state index in [1.54, 1.807) is 13.3 Å². The van der Waals surface area contributed by atoms with Gasteiger partial charge in [-0.25, -0.2) is 4.98 Å². The quantitative estimate of drug-likeness (QED) is 0.936. The molecule has 1 aromatic heterocycles. The van der Waals surface area contributed by atoms with E-state index < -0.39 is 0 Å². The number of fused-ring (bicyclic) bond motifs is 1. The van der Waals surface area contributed by atoms with Crippen molar-refractivity contribution in [1.29, 1.82) is 0 Å². The highest BCUT2D eigenvalue weighted by atomic mass is 16.5. The van der Waals surface area contributed by atoms with Gasteiger partial charge in [-0.3, -0.25) is 5.32 Å². The molecule has 0 saturated heterocycles. The van der Waals surface area contributed by atoms with E-state index in [9.17, 15) is 0 Å². The molecular formula is C16H20N2O3. The van der Waals surface area contributed by atoms with E-state index in [-0.39, 0.29) is 12.1 Å². The molecule has 0 aliphatic carbocycles. The molecule has 112 valence electrons. The molecule has 0 fully saturated rings. The van der Waals surface area contributed by atoms with E-state index in [1.165, 1.54) is 0 Å². The van der Waals surface area contributed by atoms with E-state index in [4.69, 9.17) is 13.9 Å². The molecule has 5 nitrogen and oxygen atoms in total. The first-order chi connectivity index (χ1) is 10.2. The predicted octanol–water partition coefficient (Wildman–Crippen LogP) is 3.17. The van der Waals surface area contributed by atoms with E-state index in [0.717, 1.165) is 29.2 Å². The Morgan fingerprint density at radius 2 is 2.29 bits per heavy atom. The van der Waals surface area contributed by atoms with Crippen molar-refractivity contribution in [2.24, 2.45) is 0 Å². The summed E-state index contributed by atoms with van der Waals surface area (Å²) >= 11 is 0. The first-order valence-corrected chi connectivity index (χ1v) is 7.16. The van der Waals surface area contributed by atoms with Crippen LogP contribution in [0.25, 0.3) is 0 Å². The van der Waals surface area contributed by atoms with Crippen LogP contribution < -0.4 is 14.8 Å². The summed E-state index contributed by atoms with van der Waals surface area (Å²) in [6.07, 6.45) is 2.65. The lowest BCUT2D eigenvalue weighted by atomic mass is 9.99. The molecule has 2 heterocycles. The molecule has 5 heteroatoms. The van der Waals surface area contributed by atoms with Gasteiger partial charge in [-0.2, -0.15) is 0 Å². The monoisotopic (exact) mass is 288 g/mol. The minimum Gasteiger partial charge on any atom is -0.497 e. The van der Waals surface area contributed by atoms with Crippen LogP contribution in [0.5, 0.6) is 11.5 Å². The Kier molecular flexibility index (Phi) is 3.84. The molecule has 0 saturated carbocycles. The van der Waals surface area contributed by atoms with Crippen molar-refractivity contribution < 1.29 is 13.9 Å². The normalized spacial score (nSPS) is 18.7. The largest absolute Gasteiger partial charge is 0.497 e. The second-order valence-electron chi connectivity index (χ2n) is 5.29. The van der Waals surface area contributed by atoms with E-state index >= 15 is 0 Å². The molecule has 2 unspecified atom stereocenters. The zero-order valence-electron chi connectivity index (χ0n) is 12.6. The van der Waals surface area contributed by atoms with Gasteiger partial charge in [-0.15, -0.1) is 0 Å². The Hall–Kier alpha value is -2.01. The number of aromatic nitrogens is 1.